The van der Waals surface area contributed by atoms with E-state index < -0.39 is 0 Å². The molecule has 0 saturated heterocycles. The van der Waals surface area contributed by atoms with Gasteiger partial charge < -0.3 is 4.90 Å². The highest BCUT2D eigenvalue weighted by molar-refractivity contribution is 6.32. The topological polar surface area (TPSA) is 56.0 Å². The van der Waals surface area contributed by atoms with Crippen LogP contribution in [0.25, 0.3) is 5.69 Å². The quantitative estimate of drug-likeness (QED) is 0.670. The Balaban J connectivity index is 2.44. The minimum Gasteiger partial charge on any atom is -0.360 e. The molecule has 1 aliphatic heterocycles. The number of aromatic nitrogens is 4. The Morgan fingerprint density at radius 3 is 2.83 bits per heavy atom. The summed E-state index contributed by atoms with van der Waals surface area (Å²) in [4.78, 5) is 18.2. The van der Waals surface area contributed by atoms with Gasteiger partial charge in [-0.2, -0.15) is 5.10 Å². The number of halogens is 1. The molecule has 0 bridgehead atoms. The van der Waals surface area contributed by atoms with E-state index >= 15 is 0 Å². The molecule has 0 radical (unpaired) electrons. The second-order valence-corrected chi connectivity index (χ2v) is 4.71. The molecular formula is C11H12ClN5O. The summed E-state index contributed by atoms with van der Waals surface area (Å²) in [6.45, 7) is 1.98. The van der Waals surface area contributed by atoms with E-state index in [1.54, 1.807) is 23.9 Å². The zero-order valence-corrected chi connectivity index (χ0v) is 11.0. The molecule has 0 aliphatic carbocycles. The maximum absolute atomic E-state index is 12.1. The van der Waals surface area contributed by atoms with Crippen molar-refractivity contribution in [3.05, 3.63) is 33.7 Å². The molecule has 0 fully saturated rings. The molecule has 2 aromatic rings. The van der Waals surface area contributed by atoms with Crippen molar-refractivity contribution in [2.24, 2.45) is 7.05 Å². The molecule has 2 aromatic heterocycles. The molecule has 0 amide bonds. The fourth-order valence-electron chi connectivity index (χ4n) is 2.27. The van der Waals surface area contributed by atoms with Gasteiger partial charge in [0.15, 0.2) is 11.0 Å². The molecule has 3 rings (SSSR count). The Morgan fingerprint density at radius 1 is 1.39 bits per heavy atom. The maximum Gasteiger partial charge on any atom is 0.350 e. The number of aryl methyl sites for hydroxylation is 1. The second kappa shape index (κ2) is 3.58. The number of rotatable bonds is 0. The monoisotopic (exact) mass is 265 g/mol. The molecule has 0 N–H and O–H groups in total. The van der Waals surface area contributed by atoms with E-state index in [1.165, 1.54) is 4.68 Å². The van der Waals surface area contributed by atoms with Crippen molar-refractivity contribution < 1.29 is 0 Å². The van der Waals surface area contributed by atoms with Gasteiger partial charge in [0.05, 0.1) is 17.4 Å². The molecule has 18 heavy (non-hydrogen) atoms. The summed E-state index contributed by atoms with van der Waals surface area (Å²) in [7, 11) is 3.56. The van der Waals surface area contributed by atoms with Gasteiger partial charge in [0, 0.05) is 20.3 Å². The Hall–Kier alpha value is -1.82. The van der Waals surface area contributed by atoms with Gasteiger partial charge in [0.1, 0.15) is 0 Å². The van der Waals surface area contributed by atoms with Gasteiger partial charge in [-0.25, -0.2) is 19.0 Å². The van der Waals surface area contributed by atoms with Crippen LogP contribution in [-0.4, -0.2) is 26.4 Å². The van der Waals surface area contributed by atoms with Crippen LogP contribution in [0.3, 0.4) is 0 Å². The first-order valence-electron chi connectivity index (χ1n) is 5.56. The highest BCUT2D eigenvalue weighted by Gasteiger charge is 2.31. The lowest BCUT2D eigenvalue weighted by Gasteiger charge is -2.33. The van der Waals surface area contributed by atoms with Crippen molar-refractivity contribution in [1.82, 2.24) is 19.3 Å². The third-order valence-electron chi connectivity index (χ3n) is 3.36. The normalized spacial score (nSPS) is 17.6. The van der Waals surface area contributed by atoms with Crippen LogP contribution in [0.2, 0.25) is 5.15 Å². The first kappa shape index (κ1) is 11.3. The Morgan fingerprint density at radius 2 is 2.11 bits per heavy atom. The lowest BCUT2D eigenvalue weighted by Crippen LogP contribution is -2.33. The molecule has 0 saturated carbocycles. The number of anilines is 1. The second-order valence-electron chi connectivity index (χ2n) is 4.36. The lowest BCUT2D eigenvalue weighted by molar-refractivity contribution is 0.631. The van der Waals surface area contributed by atoms with Crippen LogP contribution in [0.15, 0.2) is 17.1 Å². The zero-order valence-electron chi connectivity index (χ0n) is 10.3. The third kappa shape index (κ3) is 1.26. The van der Waals surface area contributed by atoms with Gasteiger partial charge in [-0.3, -0.25) is 0 Å². The van der Waals surface area contributed by atoms with Crippen LogP contribution >= 0.6 is 11.6 Å². The highest BCUT2D eigenvalue weighted by atomic mass is 35.5. The van der Waals surface area contributed by atoms with Gasteiger partial charge in [-0.1, -0.05) is 11.6 Å². The standard InChI is InChI=1S/C11H12ClN5O/c1-6-10-14-16(3)11(18)17(10)7-4-5-13-9(12)8(7)15(6)2/h4-6H,1-3H3/t6-/m0/s1. The van der Waals surface area contributed by atoms with E-state index in [0.717, 1.165) is 11.4 Å². The molecule has 94 valence electrons. The van der Waals surface area contributed by atoms with E-state index in [2.05, 4.69) is 10.1 Å². The number of hydrogen-bond donors (Lipinski definition) is 0. The Kier molecular flexibility index (Phi) is 2.25. The number of nitrogens with zero attached hydrogens (tertiary/aromatic N) is 5. The minimum absolute atomic E-state index is 0.0342. The fourth-order valence-corrected chi connectivity index (χ4v) is 2.56. The SMILES string of the molecule is C[C@H]1c2nn(C)c(=O)n2-c2ccnc(Cl)c2N1C. The molecule has 1 atom stereocenters. The Labute approximate surface area is 108 Å². The van der Waals surface area contributed by atoms with Crippen LogP contribution in [0.1, 0.15) is 18.8 Å². The zero-order chi connectivity index (χ0) is 13.0. The van der Waals surface area contributed by atoms with Crippen molar-refractivity contribution in [2.75, 3.05) is 11.9 Å². The molecule has 7 heteroatoms. The molecule has 0 spiro atoms. The number of fused-ring (bicyclic) bond motifs is 3. The van der Waals surface area contributed by atoms with Crippen LogP contribution < -0.4 is 10.6 Å². The average Bonchev–Trinajstić information content (AvgIpc) is 2.63. The minimum atomic E-state index is -0.173. The van der Waals surface area contributed by atoms with Crippen LogP contribution in [0.4, 0.5) is 5.69 Å². The van der Waals surface area contributed by atoms with Gasteiger partial charge in [-0.15, -0.1) is 0 Å². The predicted molar refractivity (Wildman–Crippen MR) is 68.4 cm³/mol. The lowest BCUT2D eigenvalue weighted by atomic mass is 10.1. The van der Waals surface area contributed by atoms with E-state index in [9.17, 15) is 4.79 Å². The predicted octanol–water partition coefficient (Wildman–Crippen LogP) is 1.13. The molecule has 6 nitrogen and oxygen atoms in total. The van der Waals surface area contributed by atoms with Crippen molar-refractivity contribution in [3.63, 3.8) is 0 Å². The smallest absolute Gasteiger partial charge is 0.350 e. The summed E-state index contributed by atoms with van der Waals surface area (Å²) >= 11 is 6.13. The van der Waals surface area contributed by atoms with Crippen LogP contribution in [-0.2, 0) is 7.05 Å². The molecule has 0 unspecified atom stereocenters. The van der Waals surface area contributed by atoms with Crippen molar-refractivity contribution in [2.45, 2.75) is 13.0 Å². The van der Waals surface area contributed by atoms with E-state index in [4.69, 9.17) is 11.6 Å². The molecule has 3 heterocycles. The van der Waals surface area contributed by atoms with Crippen molar-refractivity contribution in [1.29, 1.82) is 0 Å². The van der Waals surface area contributed by atoms with Crippen molar-refractivity contribution >= 4 is 17.3 Å². The third-order valence-corrected chi connectivity index (χ3v) is 3.63. The van der Waals surface area contributed by atoms with Crippen molar-refractivity contribution in [3.8, 4) is 5.69 Å². The maximum atomic E-state index is 12.1. The highest BCUT2D eigenvalue weighted by Crippen LogP contribution is 2.38. The summed E-state index contributed by atoms with van der Waals surface area (Å²) in [6.07, 6.45) is 1.59. The first-order valence-corrected chi connectivity index (χ1v) is 5.94. The summed E-state index contributed by atoms with van der Waals surface area (Å²) in [6, 6.07) is 1.74. The molecule has 0 aromatic carbocycles. The summed E-state index contributed by atoms with van der Waals surface area (Å²) in [5, 5.41) is 4.66. The van der Waals surface area contributed by atoms with Gasteiger partial charge in [0.25, 0.3) is 0 Å². The molecular weight excluding hydrogens is 254 g/mol. The van der Waals surface area contributed by atoms with E-state index in [-0.39, 0.29) is 11.7 Å². The summed E-state index contributed by atoms with van der Waals surface area (Å²) < 4.78 is 2.93. The van der Waals surface area contributed by atoms with Gasteiger partial charge in [0.2, 0.25) is 0 Å². The molecule has 1 aliphatic rings. The van der Waals surface area contributed by atoms with E-state index in [0.29, 0.717) is 11.0 Å². The Bertz CT molecular complexity index is 689. The fraction of sp³-hybridized carbons (Fsp3) is 0.364. The van der Waals surface area contributed by atoms with E-state index in [1.807, 2.05) is 18.9 Å². The number of pyridine rings is 1. The largest absolute Gasteiger partial charge is 0.360 e. The number of hydrogen-bond acceptors (Lipinski definition) is 4. The first-order chi connectivity index (χ1) is 8.52. The van der Waals surface area contributed by atoms with Gasteiger partial charge in [-0.05, 0) is 13.0 Å². The van der Waals surface area contributed by atoms with Gasteiger partial charge >= 0.3 is 5.69 Å². The van der Waals surface area contributed by atoms with Crippen LogP contribution in [0, 0.1) is 0 Å². The summed E-state index contributed by atoms with van der Waals surface area (Å²) in [5.41, 5.74) is 1.31. The average molecular weight is 266 g/mol. The van der Waals surface area contributed by atoms with Crippen LogP contribution in [0.5, 0.6) is 0 Å². The summed E-state index contributed by atoms with van der Waals surface area (Å²) in [5.74, 6) is 0.708.